The Bertz CT molecular complexity index is 561. The minimum Gasteiger partial charge on any atom is -0.478 e. The zero-order valence-electron chi connectivity index (χ0n) is 12.7. The third-order valence-corrected chi connectivity index (χ3v) is 4.48. The first kappa shape index (κ1) is 15.7. The second kappa shape index (κ2) is 5.26. The molecule has 2 aliphatic rings. The van der Waals surface area contributed by atoms with Crippen LogP contribution in [0.3, 0.4) is 0 Å². The molecule has 114 valence electrons. The number of aliphatic carboxylic acids is 1. The number of rotatable bonds is 4. The number of ketones is 1. The molecule has 21 heavy (non-hydrogen) atoms. The van der Waals surface area contributed by atoms with Crippen molar-refractivity contribution in [3.63, 3.8) is 0 Å². The average molecular weight is 290 g/mol. The summed E-state index contributed by atoms with van der Waals surface area (Å²) in [5.41, 5.74) is -0.507. The van der Waals surface area contributed by atoms with Gasteiger partial charge in [0, 0.05) is 17.9 Å². The maximum absolute atomic E-state index is 11.7. The standard InChI is InChI=1S/C17H22O4/c1-11-8-14(18)10-16(2,3)17(11,21)7-6-13(9-15(19)20)12-4-5-12/h6-9,12,21H,4-5,10H2,1-3H3,(H,19,20)/b7-6+,13-9+/t17-/m1/s1. The molecule has 0 bridgehead atoms. The summed E-state index contributed by atoms with van der Waals surface area (Å²) in [7, 11) is 0. The van der Waals surface area contributed by atoms with Crippen LogP contribution in [0, 0.1) is 11.3 Å². The molecule has 1 saturated carbocycles. The Kier molecular flexibility index (Phi) is 3.93. The molecule has 4 heteroatoms. The summed E-state index contributed by atoms with van der Waals surface area (Å²) in [6, 6.07) is 0. The fourth-order valence-electron chi connectivity index (χ4n) is 2.94. The summed E-state index contributed by atoms with van der Waals surface area (Å²) in [5, 5.41) is 19.9. The highest BCUT2D eigenvalue weighted by molar-refractivity contribution is 5.92. The summed E-state index contributed by atoms with van der Waals surface area (Å²) >= 11 is 0. The topological polar surface area (TPSA) is 74.6 Å². The van der Waals surface area contributed by atoms with Gasteiger partial charge < -0.3 is 10.2 Å². The first-order valence-electron chi connectivity index (χ1n) is 7.23. The summed E-state index contributed by atoms with van der Waals surface area (Å²) in [5.74, 6) is -0.684. The summed E-state index contributed by atoms with van der Waals surface area (Å²) < 4.78 is 0. The summed E-state index contributed by atoms with van der Waals surface area (Å²) in [6.45, 7) is 5.44. The molecule has 2 N–H and O–H groups in total. The molecule has 2 aliphatic carbocycles. The van der Waals surface area contributed by atoms with Crippen molar-refractivity contribution >= 4 is 11.8 Å². The Morgan fingerprint density at radius 2 is 2.00 bits per heavy atom. The minimum atomic E-state index is -1.23. The predicted molar refractivity (Wildman–Crippen MR) is 79.7 cm³/mol. The maximum atomic E-state index is 11.7. The van der Waals surface area contributed by atoms with Crippen LogP contribution in [0.1, 0.15) is 40.0 Å². The van der Waals surface area contributed by atoms with Crippen LogP contribution in [-0.2, 0) is 9.59 Å². The normalized spacial score (nSPS) is 29.6. The van der Waals surface area contributed by atoms with E-state index < -0.39 is 17.0 Å². The molecule has 0 aromatic rings. The number of carboxylic acids is 1. The Labute approximate surface area is 124 Å². The largest absolute Gasteiger partial charge is 0.478 e. The highest BCUT2D eigenvalue weighted by Gasteiger charge is 2.46. The monoisotopic (exact) mass is 290 g/mol. The molecule has 0 saturated heterocycles. The third-order valence-electron chi connectivity index (χ3n) is 4.48. The van der Waals surface area contributed by atoms with E-state index in [2.05, 4.69) is 0 Å². The lowest BCUT2D eigenvalue weighted by molar-refractivity contribution is -0.131. The zero-order chi connectivity index (χ0) is 15.8. The molecule has 0 aromatic heterocycles. The molecule has 0 aromatic carbocycles. The van der Waals surface area contributed by atoms with Crippen molar-refractivity contribution in [1.29, 1.82) is 0 Å². The molecule has 0 radical (unpaired) electrons. The predicted octanol–water partition coefficient (Wildman–Crippen LogP) is 2.64. The maximum Gasteiger partial charge on any atom is 0.328 e. The highest BCUT2D eigenvalue weighted by atomic mass is 16.4. The van der Waals surface area contributed by atoms with E-state index in [4.69, 9.17) is 5.11 Å². The van der Waals surface area contributed by atoms with E-state index in [-0.39, 0.29) is 18.1 Å². The van der Waals surface area contributed by atoms with Gasteiger partial charge in [-0.1, -0.05) is 19.9 Å². The number of hydrogen-bond donors (Lipinski definition) is 2. The van der Waals surface area contributed by atoms with Crippen molar-refractivity contribution in [3.8, 4) is 0 Å². The number of carbonyl (C=O) groups excluding carboxylic acids is 1. The van der Waals surface area contributed by atoms with Gasteiger partial charge in [-0.3, -0.25) is 4.79 Å². The minimum absolute atomic E-state index is 0.0130. The lowest BCUT2D eigenvalue weighted by atomic mass is 9.64. The second-order valence-electron chi connectivity index (χ2n) is 6.71. The van der Waals surface area contributed by atoms with Gasteiger partial charge in [-0.05, 0) is 49.0 Å². The van der Waals surface area contributed by atoms with Crippen LogP contribution in [-0.4, -0.2) is 27.6 Å². The Morgan fingerprint density at radius 3 is 2.48 bits per heavy atom. The van der Waals surface area contributed by atoms with E-state index in [9.17, 15) is 14.7 Å². The number of carboxylic acid groups (broad SMARTS) is 1. The quantitative estimate of drug-likeness (QED) is 0.616. The fraction of sp³-hybridized carbons (Fsp3) is 0.529. The van der Waals surface area contributed by atoms with Gasteiger partial charge in [0.2, 0.25) is 0 Å². The van der Waals surface area contributed by atoms with Gasteiger partial charge in [0.15, 0.2) is 5.78 Å². The molecule has 4 nitrogen and oxygen atoms in total. The van der Waals surface area contributed by atoms with Crippen LogP contribution in [0.15, 0.2) is 35.5 Å². The second-order valence-corrected chi connectivity index (χ2v) is 6.71. The van der Waals surface area contributed by atoms with Crippen molar-refractivity contribution in [2.45, 2.75) is 45.6 Å². The van der Waals surface area contributed by atoms with E-state index in [1.807, 2.05) is 13.8 Å². The molecule has 1 atom stereocenters. The molecule has 1 fully saturated rings. The van der Waals surface area contributed by atoms with Crippen molar-refractivity contribution in [2.24, 2.45) is 11.3 Å². The van der Waals surface area contributed by atoms with Gasteiger partial charge in [0.05, 0.1) is 0 Å². The van der Waals surface area contributed by atoms with E-state index in [1.54, 1.807) is 19.1 Å². The Balaban J connectivity index is 2.34. The van der Waals surface area contributed by atoms with Crippen LogP contribution >= 0.6 is 0 Å². The number of allylic oxidation sites excluding steroid dienone is 3. The van der Waals surface area contributed by atoms with E-state index in [0.29, 0.717) is 5.57 Å². The third kappa shape index (κ3) is 3.16. The molecule has 0 spiro atoms. The van der Waals surface area contributed by atoms with Gasteiger partial charge in [-0.25, -0.2) is 4.79 Å². The van der Waals surface area contributed by atoms with Crippen LogP contribution in [0.2, 0.25) is 0 Å². The molecule has 0 amide bonds. The van der Waals surface area contributed by atoms with E-state index >= 15 is 0 Å². The van der Waals surface area contributed by atoms with Crippen molar-refractivity contribution in [2.75, 3.05) is 0 Å². The highest BCUT2D eigenvalue weighted by Crippen LogP contribution is 2.45. The lowest BCUT2D eigenvalue weighted by Crippen LogP contribution is -2.48. The van der Waals surface area contributed by atoms with Crippen LogP contribution < -0.4 is 0 Å². The van der Waals surface area contributed by atoms with Gasteiger partial charge in [0.25, 0.3) is 0 Å². The van der Waals surface area contributed by atoms with Crippen LogP contribution in [0.5, 0.6) is 0 Å². The van der Waals surface area contributed by atoms with E-state index in [0.717, 1.165) is 18.4 Å². The molecular formula is C17H22O4. The lowest BCUT2D eigenvalue weighted by Gasteiger charge is -2.44. The number of carbonyl (C=O) groups is 2. The SMILES string of the molecule is CC1=CC(=O)CC(C)(C)[C@@]1(O)/C=C/C(=C\C(=O)O)C1CC1. The molecule has 0 aliphatic heterocycles. The van der Waals surface area contributed by atoms with Gasteiger partial charge in [-0.2, -0.15) is 0 Å². The van der Waals surface area contributed by atoms with Crippen molar-refractivity contribution in [3.05, 3.63) is 35.5 Å². The molecule has 0 heterocycles. The summed E-state index contributed by atoms with van der Waals surface area (Å²) in [6.07, 6.45) is 8.29. The number of hydrogen-bond acceptors (Lipinski definition) is 3. The smallest absolute Gasteiger partial charge is 0.328 e. The van der Waals surface area contributed by atoms with Gasteiger partial charge >= 0.3 is 5.97 Å². The van der Waals surface area contributed by atoms with Gasteiger partial charge in [0.1, 0.15) is 5.60 Å². The number of aliphatic hydroxyl groups is 1. The van der Waals surface area contributed by atoms with E-state index in [1.165, 1.54) is 12.2 Å². The Hall–Kier alpha value is -1.68. The first-order valence-corrected chi connectivity index (χ1v) is 7.23. The van der Waals surface area contributed by atoms with Crippen molar-refractivity contribution < 1.29 is 19.8 Å². The van der Waals surface area contributed by atoms with Gasteiger partial charge in [-0.15, -0.1) is 0 Å². The molecule has 2 rings (SSSR count). The van der Waals surface area contributed by atoms with Crippen LogP contribution in [0.4, 0.5) is 0 Å². The first-order chi connectivity index (χ1) is 9.65. The van der Waals surface area contributed by atoms with Crippen LogP contribution in [0.25, 0.3) is 0 Å². The Morgan fingerprint density at radius 1 is 1.38 bits per heavy atom. The van der Waals surface area contributed by atoms with Crippen molar-refractivity contribution in [1.82, 2.24) is 0 Å². The average Bonchev–Trinajstić information content (AvgIpc) is 3.14. The summed E-state index contributed by atoms with van der Waals surface area (Å²) in [4.78, 5) is 22.6. The molecule has 0 unspecified atom stereocenters. The fourth-order valence-corrected chi connectivity index (χ4v) is 2.94. The zero-order valence-corrected chi connectivity index (χ0v) is 12.7. The molecular weight excluding hydrogens is 268 g/mol.